The van der Waals surface area contributed by atoms with Gasteiger partial charge in [0.25, 0.3) is 0 Å². The number of rotatable bonds is 4. The van der Waals surface area contributed by atoms with Gasteiger partial charge in [-0.15, -0.1) is 11.3 Å². The fourth-order valence-electron chi connectivity index (χ4n) is 3.73. The molecule has 0 radical (unpaired) electrons. The molecule has 138 valence electrons. The number of likely N-dealkylation sites (tertiary alicyclic amines) is 1. The molecule has 4 rings (SSSR count). The first kappa shape index (κ1) is 17.4. The monoisotopic (exact) mass is 373 g/mol. The second-order valence-electron chi connectivity index (χ2n) is 6.83. The molecule has 8 heteroatoms. The van der Waals surface area contributed by atoms with Gasteiger partial charge in [-0.25, -0.2) is 9.97 Å². The summed E-state index contributed by atoms with van der Waals surface area (Å²) in [7, 11) is 0. The number of nitrogen functional groups attached to an aromatic ring is 1. The number of fused-ring (bicyclic) bond motifs is 2. The standard InChI is InChI=1S/C18H23N5O2S/c19-17-21-10-13-3-8-25-18(16(13)22-17)4-6-23(7-5-18)12-15(24)20-11-14-2-1-9-26-14/h1-2,9-10H,3-8,11-12H2,(H,20,24)(H2,19,21,22). The Morgan fingerprint density at radius 3 is 3.04 bits per heavy atom. The number of nitrogens with one attached hydrogen (secondary N) is 1. The zero-order valence-electron chi connectivity index (χ0n) is 14.6. The normalized spacial score (nSPS) is 19.2. The minimum atomic E-state index is -0.380. The van der Waals surface area contributed by atoms with Crippen LogP contribution in [0.25, 0.3) is 0 Å². The SMILES string of the molecule is Nc1ncc2c(n1)C1(CCN(CC(=O)NCc3cccs3)CC1)OCC2. The third-order valence-electron chi connectivity index (χ3n) is 5.14. The van der Waals surface area contributed by atoms with Crippen LogP contribution >= 0.6 is 11.3 Å². The Balaban J connectivity index is 1.34. The van der Waals surface area contributed by atoms with Gasteiger partial charge in [-0.05, 0) is 36.3 Å². The van der Waals surface area contributed by atoms with E-state index in [9.17, 15) is 4.79 Å². The van der Waals surface area contributed by atoms with Crippen molar-refractivity contribution in [1.82, 2.24) is 20.2 Å². The minimum Gasteiger partial charge on any atom is -0.368 e. The predicted molar refractivity (Wildman–Crippen MR) is 99.6 cm³/mol. The molecule has 2 aromatic rings. The van der Waals surface area contributed by atoms with Gasteiger partial charge in [0.1, 0.15) is 5.60 Å². The van der Waals surface area contributed by atoms with Crippen molar-refractivity contribution in [2.24, 2.45) is 0 Å². The highest BCUT2D eigenvalue weighted by atomic mass is 32.1. The quantitative estimate of drug-likeness (QED) is 0.839. The zero-order chi connectivity index (χ0) is 18.0. The van der Waals surface area contributed by atoms with Gasteiger partial charge in [-0.3, -0.25) is 9.69 Å². The summed E-state index contributed by atoms with van der Waals surface area (Å²) >= 11 is 1.65. The van der Waals surface area contributed by atoms with Crippen LogP contribution in [0.1, 0.15) is 29.0 Å². The van der Waals surface area contributed by atoms with Crippen molar-refractivity contribution >= 4 is 23.2 Å². The van der Waals surface area contributed by atoms with Gasteiger partial charge in [0, 0.05) is 24.2 Å². The van der Waals surface area contributed by atoms with Crippen molar-refractivity contribution in [2.75, 3.05) is 32.0 Å². The molecule has 7 nitrogen and oxygen atoms in total. The summed E-state index contributed by atoms with van der Waals surface area (Å²) in [6.07, 6.45) is 4.28. The van der Waals surface area contributed by atoms with E-state index in [1.807, 2.05) is 23.7 Å². The van der Waals surface area contributed by atoms with Crippen molar-refractivity contribution in [3.8, 4) is 0 Å². The average Bonchev–Trinajstić information content (AvgIpc) is 3.16. The number of piperidine rings is 1. The van der Waals surface area contributed by atoms with E-state index in [2.05, 4.69) is 20.2 Å². The predicted octanol–water partition coefficient (Wildman–Crippen LogP) is 1.30. The third-order valence-corrected chi connectivity index (χ3v) is 6.01. The van der Waals surface area contributed by atoms with Gasteiger partial charge in [-0.1, -0.05) is 6.07 Å². The molecule has 0 saturated carbocycles. The Bertz CT molecular complexity index is 772. The summed E-state index contributed by atoms with van der Waals surface area (Å²) in [6, 6.07) is 4.02. The van der Waals surface area contributed by atoms with E-state index in [0.29, 0.717) is 25.6 Å². The maximum atomic E-state index is 12.2. The first-order valence-corrected chi connectivity index (χ1v) is 9.80. The number of anilines is 1. The largest absolute Gasteiger partial charge is 0.368 e. The summed E-state index contributed by atoms with van der Waals surface area (Å²) in [4.78, 5) is 24.1. The van der Waals surface area contributed by atoms with Crippen molar-refractivity contribution in [1.29, 1.82) is 0 Å². The fourth-order valence-corrected chi connectivity index (χ4v) is 4.38. The Morgan fingerprint density at radius 1 is 1.42 bits per heavy atom. The topological polar surface area (TPSA) is 93.4 Å². The molecule has 0 aromatic carbocycles. The van der Waals surface area contributed by atoms with Crippen molar-refractivity contribution < 1.29 is 9.53 Å². The lowest BCUT2D eigenvalue weighted by atomic mass is 9.83. The molecular weight excluding hydrogens is 350 g/mol. The van der Waals surface area contributed by atoms with E-state index >= 15 is 0 Å². The van der Waals surface area contributed by atoms with E-state index in [4.69, 9.17) is 10.5 Å². The van der Waals surface area contributed by atoms with E-state index < -0.39 is 0 Å². The van der Waals surface area contributed by atoms with Crippen LogP contribution in [0.4, 0.5) is 5.95 Å². The van der Waals surface area contributed by atoms with Gasteiger partial charge >= 0.3 is 0 Å². The third kappa shape index (κ3) is 3.58. The Kier molecular flexibility index (Phi) is 4.88. The lowest BCUT2D eigenvalue weighted by molar-refractivity contribution is -0.126. The Hall–Kier alpha value is -2.03. The highest BCUT2D eigenvalue weighted by molar-refractivity contribution is 7.09. The highest BCUT2D eigenvalue weighted by Gasteiger charge is 2.42. The number of thiophene rings is 1. The maximum absolute atomic E-state index is 12.2. The number of carbonyl (C=O) groups excluding carboxylic acids is 1. The molecular formula is C18H23N5O2S. The molecule has 0 unspecified atom stereocenters. The Labute approximate surface area is 156 Å². The summed E-state index contributed by atoms with van der Waals surface area (Å²) < 4.78 is 6.17. The summed E-state index contributed by atoms with van der Waals surface area (Å²) in [6.45, 7) is 3.30. The van der Waals surface area contributed by atoms with Crippen LogP contribution in [0.3, 0.4) is 0 Å². The number of hydrogen-bond acceptors (Lipinski definition) is 7. The second kappa shape index (κ2) is 7.30. The molecule has 26 heavy (non-hydrogen) atoms. The molecule has 2 aromatic heterocycles. The van der Waals surface area contributed by atoms with Crippen LogP contribution in [0.5, 0.6) is 0 Å². The maximum Gasteiger partial charge on any atom is 0.234 e. The van der Waals surface area contributed by atoms with Crippen LogP contribution in [0.15, 0.2) is 23.7 Å². The van der Waals surface area contributed by atoms with Gasteiger partial charge < -0.3 is 15.8 Å². The van der Waals surface area contributed by atoms with Crippen LogP contribution in [0.2, 0.25) is 0 Å². The lowest BCUT2D eigenvalue weighted by Gasteiger charge is -2.43. The smallest absolute Gasteiger partial charge is 0.234 e. The van der Waals surface area contributed by atoms with E-state index in [-0.39, 0.29) is 11.5 Å². The van der Waals surface area contributed by atoms with Crippen molar-refractivity contribution in [3.05, 3.63) is 39.8 Å². The second-order valence-corrected chi connectivity index (χ2v) is 7.86. The average molecular weight is 373 g/mol. The van der Waals surface area contributed by atoms with E-state index in [1.165, 1.54) is 4.88 Å². The van der Waals surface area contributed by atoms with Crippen molar-refractivity contribution in [3.63, 3.8) is 0 Å². The number of amides is 1. The molecule has 0 aliphatic carbocycles. The zero-order valence-corrected chi connectivity index (χ0v) is 15.4. The number of aromatic nitrogens is 2. The van der Waals surface area contributed by atoms with Crippen LogP contribution in [-0.2, 0) is 28.1 Å². The van der Waals surface area contributed by atoms with Crippen LogP contribution in [-0.4, -0.2) is 47.0 Å². The van der Waals surface area contributed by atoms with Gasteiger partial charge in [-0.2, -0.15) is 0 Å². The molecule has 1 saturated heterocycles. The molecule has 3 N–H and O–H groups in total. The fraction of sp³-hybridized carbons (Fsp3) is 0.500. The van der Waals surface area contributed by atoms with E-state index in [0.717, 1.165) is 43.6 Å². The van der Waals surface area contributed by atoms with Gasteiger partial charge in [0.05, 0.1) is 25.4 Å². The first-order chi connectivity index (χ1) is 12.6. The van der Waals surface area contributed by atoms with Gasteiger partial charge in [0.15, 0.2) is 0 Å². The van der Waals surface area contributed by atoms with Crippen LogP contribution < -0.4 is 11.1 Å². The molecule has 1 amide bonds. The number of ether oxygens (including phenoxy) is 1. The molecule has 1 fully saturated rings. The van der Waals surface area contributed by atoms with E-state index in [1.54, 1.807) is 11.3 Å². The molecule has 0 atom stereocenters. The first-order valence-electron chi connectivity index (χ1n) is 8.92. The summed E-state index contributed by atoms with van der Waals surface area (Å²) in [5.41, 5.74) is 7.49. The molecule has 2 aliphatic rings. The number of nitrogens with zero attached hydrogens (tertiary/aromatic N) is 3. The summed E-state index contributed by atoms with van der Waals surface area (Å²) in [5.74, 6) is 0.356. The molecule has 0 bridgehead atoms. The lowest BCUT2D eigenvalue weighted by Crippen LogP contribution is -2.49. The Morgan fingerprint density at radius 2 is 2.27 bits per heavy atom. The van der Waals surface area contributed by atoms with Crippen LogP contribution in [0, 0.1) is 0 Å². The molecule has 1 spiro atoms. The number of nitrogens with two attached hydrogens (primary N) is 1. The van der Waals surface area contributed by atoms with Crippen molar-refractivity contribution in [2.45, 2.75) is 31.4 Å². The number of carbonyl (C=O) groups is 1. The molecule has 2 aliphatic heterocycles. The minimum absolute atomic E-state index is 0.0610. The summed E-state index contributed by atoms with van der Waals surface area (Å²) in [5, 5.41) is 5.01. The number of hydrogen-bond donors (Lipinski definition) is 2. The molecule has 4 heterocycles. The highest BCUT2D eigenvalue weighted by Crippen LogP contribution is 2.40. The van der Waals surface area contributed by atoms with Gasteiger partial charge in [0.2, 0.25) is 11.9 Å².